The fraction of sp³-hybridized carbons (Fsp3) is 0.500. The molecule has 4 aromatic rings. The molecule has 0 aliphatic carbocycles. The lowest BCUT2D eigenvalue weighted by Crippen LogP contribution is -2.48. The Hall–Kier alpha value is -4.68. The normalized spacial score (nSPS) is 16.2. The number of carboxylic acids is 1. The van der Waals surface area contributed by atoms with Crippen molar-refractivity contribution in [3.8, 4) is 17.6 Å². The number of nitrogens with one attached hydrogen (secondary N) is 2. The third-order valence-corrected chi connectivity index (χ3v) is 13.6. The molecule has 0 unspecified atom stereocenters. The molecule has 320 valence electrons. The number of aryl methyl sites for hydroxylation is 1. The third-order valence-electron chi connectivity index (χ3n) is 11.5. The summed E-state index contributed by atoms with van der Waals surface area (Å²) >= 11 is 3.00. The molecule has 0 saturated carbocycles. The van der Waals surface area contributed by atoms with E-state index in [2.05, 4.69) is 62.2 Å². The van der Waals surface area contributed by atoms with E-state index in [0.29, 0.717) is 41.5 Å². The number of aromatic nitrogens is 2. The summed E-state index contributed by atoms with van der Waals surface area (Å²) in [7, 11) is 1.96. The molecule has 1 saturated heterocycles. The number of para-hydroxylation sites is 1. The Kier molecular flexibility index (Phi) is 15.3. The third kappa shape index (κ3) is 11.2. The number of anilines is 2. The van der Waals surface area contributed by atoms with Crippen molar-refractivity contribution in [3.63, 3.8) is 0 Å². The van der Waals surface area contributed by atoms with Gasteiger partial charge in [-0.1, -0.05) is 87.2 Å². The van der Waals surface area contributed by atoms with Crippen LogP contribution in [0.25, 0.3) is 10.2 Å². The second kappa shape index (κ2) is 21.2. The first-order chi connectivity index (χ1) is 29.3. The maximum Gasteiger partial charge on any atom is 0.355 e. The van der Waals surface area contributed by atoms with E-state index >= 15 is 4.39 Å². The van der Waals surface area contributed by atoms with Gasteiger partial charge in [0, 0.05) is 55.8 Å². The van der Waals surface area contributed by atoms with Gasteiger partial charge < -0.3 is 25.0 Å². The van der Waals surface area contributed by atoms with Crippen LogP contribution in [-0.2, 0) is 6.42 Å². The topological polar surface area (TPSA) is 109 Å². The number of aromatic carboxylic acids is 1. The van der Waals surface area contributed by atoms with E-state index in [4.69, 9.17) is 9.72 Å². The summed E-state index contributed by atoms with van der Waals surface area (Å²) in [4.78, 5) is 29.5. The maximum atomic E-state index is 15.1. The number of rotatable bonds is 19. The van der Waals surface area contributed by atoms with Gasteiger partial charge in [0.25, 0.3) is 0 Å². The summed E-state index contributed by atoms with van der Waals surface area (Å²) in [6.45, 7) is 11.4. The van der Waals surface area contributed by atoms with Crippen LogP contribution >= 0.6 is 22.7 Å². The van der Waals surface area contributed by atoms with Crippen LogP contribution in [0, 0.1) is 17.7 Å². The van der Waals surface area contributed by atoms with Gasteiger partial charge in [0.1, 0.15) is 11.6 Å². The van der Waals surface area contributed by atoms with Gasteiger partial charge in [-0.15, -0.1) is 11.3 Å². The summed E-state index contributed by atoms with van der Waals surface area (Å²) in [6, 6.07) is 12.9. The first-order valence-corrected chi connectivity index (χ1v) is 23.3. The molecule has 14 heteroatoms. The van der Waals surface area contributed by atoms with Gasteiger partial charge in [0.05, 0.1) is 23.4 Å². The van der Waals surface area contributed by atoms with E-state index in [1.54, 1.807) is 23.5 Å². The monoisotopic (exact) mass is 854 g/mol. The van der Waals surface area contributed by atoms with E-state index in [1.807, 2.05) is 30.3 Å². The summed E-state index contributed by atoms with van der Waals surface area (Å²) in [6.07, 6.45) is 13.5. The zero-order valence-corrected chi connectivity index (χ0v) is 37.0. The first-order valence-electron chi connectivity index (χ1n) is 21.7. The molecule has 0 radical (unpaired) electrons. The number of hydrazine groups is 1. The molecule has 0 spiro atoms. The van der Waals surface area contributed by atoms with E-state index < -0.39 is 11.8 Å². The lowest BCUT2D eigenvalue weighted by molar-refractivity contribution is 0.0690. The van der Waals surface area contributed by atoms with Crippen LogP contribution in [0.3, 0.4) is 0 Å². The zero-order valence-electron chi connectivity index (χ0n) is 35.3. The van der Waals surface area contributed by atoms with E-state index in [0.717, 1.165) is 71.6 Å². The number of carboxylic acid groups (broad SMARTS) is 1. The SMILES string of the molecule is CCCCCCCCCCN1CCN(CC#Cc2ccc(OCCCc3sc(N4CCCC5=C4N(C)NC(Nc4nc6ccccc6s4)=C5C)nc3C(=O)O)c(F)c2)CC1. The number of nitrogens with zero attached hydrogens (tertiary/aromatic N) is 6. The van der Waals surface area contributed by atoms with Crippen molar-refractivity contribution in [3.05, 3.63) is 87.2 Å². The second-order valence-electron chi connectivity index (χ2n) is 15.9. The number of piperazine rings is 1. The van der Waals surface area contributed by atoms with Gasteiger partial charge in [-0.2, -0.15) is 0 Å². The van der Waals surface area contributed by atoms with Crippen molar-refractivity contribution in [1.82, 2.24) is 30.2 Å². The van der Waals surface area contributed by atoms with Crippen LogP contribution in [0.5, 0.6) is 5.75 Å². The quantitative estimate of drug-likeness (QED) is 0.0621. The molecule has 11 nitrogen and oxygen atoms in total. The highest BCUT2D eigenvalue weighted by Gasteiger charge is 2.33. The van der Waals surface area contributed by atoms with E-state index in [1.165, 1.54) is 80.9 Å². The van der Waals surface area contributed by atoms with E-state index in [9.17, 15) is 9.90 Å². The summed E-state index contributed by atoms with van der Waals surface area (Å²) in [5, 5.41) is 17.0. The number of fused-ring (bicyclic) bond motifs is 1. The van der Waals surface area contributed by atoms with Crippen LogP contribution < -0.4 is 20.4 Å². The number of benzene rings is 2. The molecule has 1 fully saturated rings. The average molecular weight is 855 g/mol. The summed E-state index contributed by atoms with van der Waals surface area (Å²) in [5.41, 5.74) is 7.36. The summed E-state index contributed by atoms with van der Waals surface area (Å²) in [5.74, 6) is 6.84. The molecule has 3 aliphatic heterocycles. The van der Waals surface area contributed by atoms with Crippen molar-refractivity contribution < 1.29 is 19.0 Å². The van der Waals surface area contributed by atoms with Crippen LogP contribution in [-0.4, -0.2) is 95.3 Å². The Bertz CT molecular complexity index is 2180. The Morgan fingerprint density at radius 3 is 2.50 bits per heavy atom. The van der Waals surface area contributed by atoms with Crippen LogP contribution in [0.15, 0.2) is 65.3 Å². The van der Waals surface area contributed by atoms with Crippen molar-refractivity contribution in [2.75, 3.05) is 69.7 Å². The molecular weight excluding hydrogens is 796 g/mol. The number of allylic oxidation sites excluding steroid dienone is 2. The lowest BCUT2D eigenvalue weighted by atomic mass is 9.97. The molecule has 0 atom stereocenters. The van der Waals surface area contributed by atoms with Gasteiger partial charge in [0.15, 0.2) is 27.5 Å². The van der Waals surface area contributed by atoms with Crippen molar-refractivity contribution in [2.45, 2.75) is 90.9 Å². The minimum Gasteiger partial charge on any atom is -0.491 e. The predicted molar refractivity (Wildman–Crippen MR) is 242 cm³/mol. The predicted octanol–water partition coefficient (Wildman–Crippen LogP) is 9.32. The van der Waals surface area contributed by atoms with E-state index in [-0.39, 0.29) is 18.1 Å². The van der Waals surface area contributed by atoms with Gasteiger partial charge in [-0.05, 0) is 81.5 Å². The number of thiazole rings is 2. The molecule has 3 aliphatic rings. The van der Waals surface area contributed by atoms with Crippen LogP contribution in [0.1, 0.15) is 105 Å². The first kappa shape index (κ1) is 43.4. The highest BCUT2D eigenvalue weighted by molar-refractivity contribution is 7.22. The zero-order chi connectivity index (χ0) is 41.8. The smallest absolute Gasteiger partial charge is 0.355 e. The standard InChI is InChI=1S/C46H59FN8O3S2/c1-4-5-6-7-8-9-10-13-24-53-27-29-54(30-28-53)25-14-17-34-22-23-38(36(47)32-34)58-31-16-21-40-41(44(56)57)49-46(60-40)55-26-15-18-35-33(2)42(51-52(3)43(35)55)50-45-48-37-19-11-12-20-39(37)59-45/h11-12,19-20,22-23,32,51H,4-10,13,15-16,18,21,24-31H2,1-3H3,(H,48,50)(H,56,57). The van der Waals surface area contributed by atoms with Gasteiger partial charge in [0.2, 0.25) is 0 Å². The molecule has 7 rings (SSSR count). The Labute approximate surface area is 362 Å². The summed E-state index contributed by atoms with van der Waals surface area (Å²) < 4.78 is 22.0. The number of hydrogen-bond acceptors (Lipinski definition) is 12. The molecule has 60 heavy (non-hydrogen) atoms. The number of unbranched alkanes of at least 4 members (excludes halogenated alkanes) is 7. The molecular formula is C46H59FN8O3S2. The largest absolute Gasteiger partial charge is 0.491 e. The fourth-order valence-electron chi connectivity index (χ4n) is 8.12. The highest BCUT2D eigenvalue weighted by Crippen LogP contribution is 2.39. The minimum absolute atomic E-state index is 0.0504. The molecule has 2 aromatic carbocycles. The number of carbonyl (C=O) groups is 1. The van der Waals surface area contributed by atoms with Crippen LogP contribution in [0.2, 0.25) is 0 Å². The molecule has 3 N–H and O–H groups in total. The number of hydrogen-bond donors (Lipinski definition) is 3. The highest BCUT2D eigenvalue weighted by atomic mass is 32.1. The maximum absolute atomic E-state index is 15.1. The van der Waals surface area contributed by atoms with Crippen molar-refractivity contribution in [1.29, 1.82) is 0 Å². The lowest BCUT2D eigenvalue weighted by Gasteiger charge is -2.41. The van der Waals surface area contributed by atoms with Crippen molar-refractivity contribution >= 4 is 49.1 Å². The molecule has 0 amide bonds. The number of halogens is 1. The second-order valence-corrected chi connectivity index (χ2v) is 18.0. The molecule has 5 heterocycles. The van der Waals surface area contributed by atoms with Crippen molar-refractivity contribution in [2.24, 2.45) is 0 Å². The van der Waals surface area contributed by atoms with Gasteiger partial charge in [-0.25, -0.2) is 19.2 Å². The minimum atomic E-state index is -1.06. The Morgan fingerprint density at radius 2 is 1.73 bits per heavy atom. The fourth-order valence-corrected chi connectivity index (χ4v) is 10.1. The van der Waals surface area contributed by atoms with Crippen LogP contribution in [0.4, 0.5) is 14.7 Å². The molecule has 2 aromatic heterocycles. The average Bonchev–Trinajstić information content (AvgIpc) is 3.87. The van der Waals surface area contributed by atoms with Gasteiger partial charge >= 0.3 is 5.97 Å². The molecule has 0 bridgehead atoms. The number of ether oxygens (including phenoxy) is 1. The van der Waals surface area contributed by atoms with Gasteiger partial charge in [-0.3, -0.25) is 15.3 Å². The Morgan fingerprint density at radius 1 is 0.967 bits per heavy atom. The Balaban J connectivity index is 0.878.